The van der Waals surface area contributed by atoms with Crippen molar-refractivity contribution in [3.05, 3.63) is 59.2 Å². The molecular formula is C24H27F2N3O4. The van der Waals surface area contributed by atoms with Crippen LogP contribution in [0.2, 0.25) is 0 Å². The van der Waals surface area contributed by atoms with Gasteiger partial charge in [0.25, 0.3) is 5.91 Å². The molecule has 2 aliphatic heterocycles. The Kier molecular flexibility index (Phi) is 7.08. The Hall–Kier alpha value is -3.20. The van der Waals surface area contributed by atoms with E-state index in [1.165, 1.54) is 6.07 Å². The normalized spacial score (nSPS) is 18.7. The van der Waals surface area contributed by atoms with Gasteiger partial charge in [-0.25, -0.2) is 13.6 Å². The first-order valence-electron chi connectivity index (χ1n) is 11.0. The standard InChI is InChI=1S/C24H27F2N3O4/c1-29-10-7-15(8-11-29)14-33-24(31)28-21-9-12-32-22-17(21)3-2-4-18(22)23(30)27-16-5-6-19(25)20(26)13-16/h2-6,13,15,21H,7-12,14H2,1H3,(H,27,30)(H,28,31)/t21-/m0/s1. The number of alkyl carbamates (subject to hydrolysis) is 1. The monoisotopic (exact) mass is 459 g/mol. The van der Waals surface area contributed by atoms with Crippen LogP contribution in [0.15, 0.2) is 36.4 Å². The molecule has 0 unspecified atom stereocenters. The zero-order valence-electron chi connectivity index (χ0n) is 18.4. The minimum absolute atomic E-state index is 0.125. The number of likely N-dealkylation sites (tertiary alicyclic amines) is 1. The lowest BCUT2D eigenvalue weighted by atomic mass is 9.97. The molecule has 1 fully saturated rings. The molecule has 0 saturated carbocycles. The molecule has 0 spiro atoms. The Bertz CT molecular complexity index is 1020. The highest BCUT2D eigenvalue weighted by atomic mass is 19.2. The summed E-state index contributed by atoms with van der Waals surface area (Å²) in [5.74, 6) is -1.86. The fourth-order valence-corrected chi connectivity index (χ4v) is 4.13. The van der Waals surface area contributed by atoms with E-state index >= 15 is 0 Å². The lowest BCUT2D eigenvalue weighted by Crippen LogP contribution is -2.36. The van der Waals surface area contributed by atoms with Crippen LogP contribution in [0.3, 0.4) is 0 Å². The SMILES string of the molecule is CN1CCC(COC(=O)N[C@H]2CCOc3c(C(=O)Nc4ccc(F)c(F)c4)cccc32)CC1. The Morgan fingerprint density at radius 2 is 1.91 bits per heavy atom. The molecule has 33 heavy (non-hydrogen) atoms. The molecule has 2 heterocycles. The summed E-state index contributed by atoms with van der Waals surface area (Å²) in [6, 6.07) is 7.81. The molecule has 2 aliphatic rings. The smallest absolute Gasteiger partial charge is 0.407 e. The molecule has 9 heteroatoms. The predicted octanol–water partition coefficient (Wildman–Crippen LogP) is 4.11. The lowest BCUT2D eigenvalue weighted by molar-refractivity contribution is 0.0981. The third kappa shape index (κ3) is 5.60. The van der Waals surface area contributed by atoms with Crippen LogP contribution in [0.25, 0.3) is 0 Å². The van der Waals surface area contributed by atoms with Crippen molar-refractivity contribution in [2.75, 3.05) is 38.7 Å². The largest absolute Gasteiger partial charge is 0.492 e. The number of carbonyl (C=O) groups excluding carboxylic acids is 2. The number of nitrogens with one attached hydrogen (secondary N) is 2. The van der Waals surface area contributed by atoms with Crippen LogP contribution in [0.1, 0.15) is 41.2 Å². The molecule has 0 aliphatic carbocycles. The van der Waals surface area contributed by atoms with Gasteiger partial charge in [0, 0.05) is 23.7 Å². The first-order chi connectivity index (χ1) is 15.9. The van der Waals surface area contributed by atoms with Crippen LogP contribution >= 0.6 is 0 Å². The molecule has 0 bridgehead atoms. The number of fused-ring (bicyclic) bond motifs is 1. The van der Waals surface area contributed by atoms with Gasteiger partial charge >= 0.3 is 6.09 Å². The molecule has 1 saturated heterocycles. The van der Waals surface area contributed by atoms with Gasteiger partial charge in [-0.2, -0.15) is 0 Å². The summed E-state index contributed by atoms with van der Waals surface area (Å²) in [7, 11) is 2.08. The third-order valence-corrected chi connectivity index (χ3v) is 6.08. The number of carbonyl (C=O) groups is 2. The van der Waals surface area contributed by atoms with Crippen LogP contribution in [0.4, 0.5) is 19.3 Å². The number of para-hydroxylation sites is 1. The summed E-state index contributed by atoms with van der Waals surface area (Å²) >= 11 is 0. The number of benzene rings is 2. The van der Waals surface area contributed by atoms with Gasteiger partial charge in [0.15, 0.2) is 11.6 Å². The number of hydrogen-bond acceptors (Lipinski definition) is 5. The topological polar surface area (TPSA) is 79.9 Å². The van der Waals surface area contributed by atoms with Crippen molar-refractivity contribution in [3.8, 4) is 5.75 Å². The van der Waals surface area contributed by atoms with Crippen LogP contribution in [0, 0.1) is 17.6 Å². The second-order valence-corrected chi connectivity index (χ2v) is 8.49. The number of anilines is 1. The van der Waals surface area contributed by atoms with Gasteiger partial charge < -0.3 is 25.0 Å². The summed E-state index contributed by atoms with van der Waals surface area (Å²) in [6.45, 7) is 2.69. The minimum Gasteiger partial charge on any atom is -0.492 e. The van der Waals surface area contributed by atoms with E-state index in [1.54, 1.807) is 18.2 Å². The molecule has 0 radical (unpaired) electrons. The molecule has 4 rings (SSSR count). The molecular weight excluding hydrogens is 432 g/mol. The lowest BCUT2D eigenvalue weighted by Gasteiger charge is -2.30. The maximum absolute atomic E-state index is 13.5. The summed E-state index contributed by atoms with van der Waals surface area (Å²) in [4.78, 5) is 27.5. The second-order valence-electron chi connectivity index (χ2n) is 8.49. The molecule has 2 amide bonds. The molecule has 176 valence electrons. The van der Waals surface area contributed by atoms with Gasteiger partial charge in [0.2, 0.25) is 0 Å². The van der Waals surface area contributed by atoms with Crippen molar-refractivity contribution < 1.29 is 27.8 Å². The minimum atomic E-state index is -1.05. The van der Waals surface area contributed by atoms with Crippen molar-refractivity contribution in [2.45, 2.75) is 25.3 Å². The van der Waals surface area contributed by atoms with Crippen LogP contribution in [0.5, 0.6) is 5.75 Å². The number of ether oxygens (including phenoxy) is 2. The molecule has 2 aromatic rings. The van der Waals surface area contributed by atoms with E-state index in [-0.39, 0.29) is 17.3 Å². The van der Waals surface area contributed by atoms with Gasteiger partial charge in [0.1, 0.15) is 5.75 Å². The van der Waals surface area contributed by atoms with E-state index in [1.807, 2.05) is 0 Å². The first-order valence-corrected chi connectivity index (χ1v) is 11.0. The summed E-state index contributed by atoms with van der Waals surface area (Å²) in [6.07, 6.45) is 2.04. The average Bonchev–Trinajstić information content (AvgIpc) is 2.81. The maximum Gasteiger partial charge on any atom is 0.407 e. The van der Waals surface area contributed by atoms with Crippen LogP contribution in [-0.2, 0) is 4.74 Å². The highest BCUT2D eigenvalue weighted by Gasteiger charge is 2.28. The van der Waals surface area contributed by atoms with E-state index in [4.69, 9.17) is 9.47 Å². The number of nitrogens with zero attached hydrogens (tertiary/aromatic N) is 1. The summed E-state index contributed by atoms with van der Waals surface area (Å²) < 4.78 is 37.8. The molecule has 2 N–H and O–H groups in total. The Balaban J connectivity index is 1.40. The zero-order valence-corrected chi connectivity index (χ0v) is 18.4. The molecule has 0 aromatic heterocycles. The second kappa shape index (κ2) is 10.2. The fourth-order valence-electron chi connectivity index (χ4n) is 4.13. The molecule has 1 atom stereocenters. The summed E-state index contributed by atoms with van der Waals surface area (Å²) in [5, 5.41) is 5.43. The van der Waals surface area contributed by atoms with Gasteiger partial charge in [-0.15, -0.1) is 0 Å². The average molecular weight is 459 g/mol. The Morgan fingerprint density at radius 1 is 1.12 bits per heavy atom. The predicted molar refractivity (Wildman–Crippen MR) is 118 cm³/mol. The quantitative estimate of drug-likeness (QED) is 0.704. The summed E-state index contributed by atoms with van der Waals surface area (Å²) in [5.41, 5.74) is 1.03. The van der Waals surface area contributed by atoms with Crippen molar-refractivity contribution in [2.24, 2.45) is 5.92 Å². The van der Waals surface area contributed by atoms with Gasteiger partial charge in [0.05, 0.1) is 24.8 Å². The third-order valence-electron chi connectivity index (χ3n) is 6.08. The van der Waals surface area contributed by atoms with E-state index in [2.05, 4.69) is 22.6 Å². The van der Waals surface area contributed by atoms with Gasteiger partial charge in [-0.3, -0.25) is 4.79 Å². The van der Waals surface area contributed by atoms with Crippen LogP contribution < -0.4 is 15.4 Å². The van der Waals surface area contributed by atoms with Crippen molar-refractivity contribution >= 4 is 17.7 Å². The Labute approximate surface area is 191 Å². The van der Waals surface area contributed by atoms with E-state index in [0.717, 1.165) is 38.1 Å². The number of hydrogen-bond donors (Lipinski definition) is 2. The molecule has 2 aromatic carbocycles. The Morgan fingerprint density at radius 3 is 2.67 bits per heavy atom. The van der Waals surface area contributed by atoms with Crippen molar-refractivity contribution in [1.82, 2.24) is 10.2 Å². The van der Waals surface area contributed by atoms with E-state index in [9.17, 15) is 18.4 Å². The zero-order chi connectivity index (χ0) is 23.4. The highest BCUT2D eigenvalue weighted by Crippen LogP contribution is 2.35. The maximum atomic E-state index is 13.5. The number of rotatable bonds is 5. The fraction of sp³-hybridized carbons (Fsp3) is 0.417. The number of halogens is 2. The van der Waals surface area contributed by atoms with E-state index in [0.29, 0.717) is 36.9 Å². The first kappa shape index (κ1) is 23.0. The highest BCUT2D eigenvalue weighted by molar-refractivity contribution is 6.06. The van der Waals surface area contributed by atoms with Crippen molar-refractivity contribution in [1.29, 1.82) is 0 Å². The van der Waals surface area contributed by atoms with E-state index < -0.39 is 23.6 Å². The number of piperidine rings is 1. The van der Waals surface area contributed by atoms with Crippen molar-refractivity contribution in [3.63, 3.8) is 0 Å². The van der Waals surface area contributed by atoms with Gasteiger partial charge in [-0.1, -0.05) is 12.1 Å². The van der Waals surface area contributed by atoms with Crippen LogP contribution in [-0.4, -0.2) is 50.3 Å². The molecule has 7 nitrogen and oxygen atoms in total. The number of amides is 2. The van der Waals surface area contributed by atoms with Gasteiger partial charge in [-0.05, 0) is 57.1 Å².